The molecule has 1 heterocycles. The molecule has 0 bridgehead atoms. The Kier molecular flexibility index (Phi) is 4.04. The Morgan fingerprint density at radius 3 is 2.57 bits per heavy atom. The molecule has 1 aliphatic rings. The maximum atomic E-state index is 12.8. The van der Waals surface area contributed by atoms with Crippen LogP contribution in [0.2, 0.25) is 0 Å². The first-order chi connectivity index (χ1) is 11.0. The molecule has 0 amide bonds. The number of sulfonamides is 1. The van der Waals surface area contributed by atoms with Crippen molar-refractivity contribution in [2.45, 2.75) is 18.6 Å². The summed E-state index contributed by atoms with van der Waals surface area (Å²) in [5.41, 5.74) is 1.87. The number of nitrogens with zero attached hydrogens (tertiary/aromatic N) is 2. The Hall–Kier alpha value is -2.41. The lowest BCUT2D eigenvalue weighted by Gasteiger charge is -2.30. The smallest absolute Gasteiger partial charge is 0.269 e. The topological polar surface area (TPSA) is 80.5 Å². The molecular formula is C16H16N2O4S. The van der Waals surface area contributed by atoms with Crippen LogP contribution in [0.4, 0.5) is 11.4 Å². The van der Waals surface area contributed by atoms with Crippen LogP contribution < -0.4 is 4.31 Å². The molecule has 0 aromatic heterocycles. The molecule has 6 nitrogen and oxygen atoms in total. The molecule has 2 aromatic rings. The fraction of sp³-hybridized carbons (Fsp3) is 0.250. The zero-order valence-corrected chi connectivity index (χ0v) is 13.2. The summed E-state index contributed by atoms with van der Waals surface area (Å²) in [6.07, 6.45) is 1.43. The number of benzene rings is 2. The summed E-state index contributed by atoms with van der Waals surface area (Å²) >= 11 is 0. The zero-order valence-electron chi connectivity index (χ0n) is 12.4. The van der Waals surface area contributed by atoms with Crippen molar-refractivity contribution in [1.82, 2.24) is 0 Å². The maximum Gasteiger partial charge on any atom is 0.271 e. The quantitative estimate of drug-likeness (QED) is 0.637. The van der Waals surface area contributed by atoms with Crippen molar-refractivity contribution in [3.63, 3.8) is 0 Å². The van der Waals surface area contributed by atoms with Crippen molar-refractivity contribution in [1.29, 1.82) is 0 Å². The molecule has 1 aliphatic heterocycles. The van der Waals surface area contributed by atoms with Crippen molar-refractivity contribution in [2.75, 3.05) is 10.8 Å². The van der Waals surface area contributed by atoms with Gasteiger partial charge in [-0.15, -0.1) is 0 Å². The summed E-state index contributed by atoms with van der Waals surface area (Å²) in [5, 5.41) is 11.0. The molecule has 0 unspecified atom stereocenters. The van der Waals surface area contributed by atoms with Gasteiger partial charge >= 0.3 is 0 Å². The highest BCUT2D eigenvalue weighted by molar-refractivity contribution is 7.92. The Morgan fingerprint density at radius 1 is 1.13 bits per heavy atom. The highest BCUT2D eigenvalue weighted by Crippen LogP contribution is 2.33. The van der Waals surface area contributed by atoms with Gasteiger partial charge in [0, 0.05) is 18.7 Å². The van der Waals surface area contributed by atoms with E-state index < -0.39 is 14.9 Å². The Balaban J connectivity index is 1.98. The highest BCUT2D eigenvalue weighted by atomic mass is 32.2. The third-order valence-corrected chi connectivity index (χ3v) is 5.63. The predicted octanol–water partition coefficient (Wildman–Crippen LogP) is 2.88. The van der Waals surface area contributed by atoms with E-state index >= 15 is 0 Å². The van der Waals surface area contributed by atoms with Crippen LogP contribution in [0.1, 0.15) is 17.5 Å². The molecule has 0 fully saturated rings. The van der Waals surface area contributed by atoms with Crippen LogP contribution in [0.3, 0.4) is 0 Å². The van der Waals surface area contributed by atoms with Gasteiger partial charge in [0.15, 0.2) is 0 Å². The molecule has 0 atom stereocenters. The van der Waals surface area contributed by atoms with Gasteiger partial charge < -0.3 is 0 Å². The number of nitro benzene ring substituents is 1. The van der Waals surface area contributed by atoms with Crippen molar-refractivity contribution < 1.29 is 13.3 Å². The lowest BCUT2D eigenvalue weighted by Crippen LogP contribution is -2.36. The zero-order chi connectivity index (χ0) is 16.4. The number of aryl methyl sites for hydroxylation is 1. The van der Waals surface area contributed by atoms with Crippen molar-refractivity contribution in [3.05, 3.63) is 69.8 Å². The van der Waals surface area contributed by atoms with Gasteiger partial charge in [-0.2, -0.15) is 0 Å². The van der Waals surface area contributed by atoms with Gasteiger partial charge in [0.05, 0.1) is 16.4 Å². The van der Waals surface area contributed by atoms with Gasteiger partial charge in [-0.05, 0) is 24.0 Å². The molecular weight excluding hydrogens is 316 g/mol. The van der Waals surface area contributed by atoms with Crippen LogP contribution in [0.5, 0.6) is 0 Å². The first-order valence-electron chi connectivity index (χ1n) is 7.29. The molecule has 3 rings (SSSR count). The lowest BCUT2D eigenvalue weighted by molar-refractivity contribution is -0.384. The molecule has 0 saturated carbocycles. The normalized spacial score (nSPS) is 14.3. The first kappa shape index (κ1) is 15.5. The molecule has 2 aromatic carbocycles. The molecule has 0 aliphatic carbocycles. The van der Waals surface area contributed by atoms with E-state index in [0.717, 1.165) is 12.0 Å². The minimum absolute atomic E-state index is 0.0921. The Morgan fingerprint density at radius 2 is 1.87 bits per heavy atom. The second-order valence-electron chi connectivity index (χ2n) is 5.49. The minimum Gasteiger partial charge on any atom is -0.269 e. The van der Waals surface area contributed by atoms with Gasteiger partial charge in [0.2, 0.25) is 10.0 Å². The maximum absolute atomic E-state index is 12.8. The lowest BCUT2D eigenvalue weighted by atomic mass is 10.0. The predicted molar refractivity (Wildman–Crippen MR) is 87.8 cm³/mol. The second kappa shape index (κ2) is 6.00. The average Bonchev–Trinajstić information content (AvgIpc) is 2.54. The van der Waals surface area contributed by atoms with Gasteiger partial charge in [-0.1, -0.05) is 36.4 Å². The molecule has 120 valence electrons. The number of nitro groups is 1. The molecule has 0 saturated heterocycles. The minimum atomic E-state index is -3.58. The van der Waals surface area contributed by atoms with E-state index in [1.54, 1.807) is 30.3 Å². The third-order valence-electron chi connectivity index (χ3n) is 3.88. The van der Waals surface area contributed by atoms with E-state index in [2.05, 4.69) is 0 Å². The van der Waals surface area contributed by atoms with Crippen molar-refractivity contribution >= 4 is 21.4 Å². The summed E-state index contributed by atoms with van der Waals surface area (Å²) in [4.78, 5) is 10.5. The van der Waals surface area contributed by atoms with E-state index in [1.807, 2.05) is 6.07 Å². The highest BCUT2D eigenvalue weighted by Gasteiger charge is 2.29. The number of non-ortho nitro benzene ring substituents is 1. The fourth-order valence-electron chi connectivity index (χ4n) is 2.79. The van der Waals surface area contributed by atoms with Gasteiger partial charge in [0.1, 0.15) is 0 Å². The summed E-state index contributed by atoms with van der Waals surface area (Å²) in [6.45, 7) is 0.351. The van der Waals surface area contributed by atoms with Gasteiger partial charge in [0.25, 0.3) is 5.69 Å². The molecule has 0 spiro atoms. The van der Waals surface area contributed by atoms with Crippen LogP contribution in [0.15, 0.2) is 48.5 Å². The van der Waals surface area contributed by atoms with E-state index in [9.17, 15) is 18.5 Å². The van der Waals surface area contributed by atoms with E-state index in [1.165, 1.54) is 16.4 Å². The van der Waals surface area contributed by atoms with Crippen molar-refractivity contribution in [2.24, 2.45) is 0 Å². The molecule has 7 heteroatoms. The standard InChI is InChI=1S/C16H16N2O4S/c19-18(20)15-9-8-14-7-4-10-17(16(14)11-15)23(21,22)12-13-5-2-1-3-6-13/h1-3,5-6,8-9,11H,4,7,10,12H2. The second-order valence-corrected chi connectivity index (χ2v) is 7.38. The number of fused-ring (bicyclic) bond motifs is 1. The Labute approximate surface area is 134 Å². The van der Waals surface area contributed by atoms with Crippen LogP contribution in [-0.4, -0.2) is 19.9 Å². The summed E-state index contributed by atoms with van der Waals surface area (Å²) < 4.78 is 26.8. The van der Waals surface area contributed by atoms with Crippen molar-refractivity contribution in [3.8, 4) is 0 Å². The van der Waals surface area contributed by atoms with Gasteiger partial charge in [-0.25, -0.2) is 8.42 Å². The van der Waals surface area contributed by atoms with Crippen LogP contribution in [0, 0.1) is 10.1 Å². The first-order valence-corrected chi connectivity index (χ1v) is 8.90. The van der Waals surface area contributed by atoms with Crippen LogP contribution in [-0.2, 0) is 22.2 Å². The fourth-order valence-corrected chi connectivity index (χ4v) is 4.44. The van der Waals surface area contributed by atoms with E-state index in [4.69, 9.17) is 0 Å². The average molecular weight is 332 g/mol. The summed E-state index contributed by atoms with van der Waals surface area (Å²) in [6, 6.07) is 13.4. The molecule has 23 heavy (non-hydrogen) atoms. The van der Waals surface area contributed by atoms with Gasteiger partial charge in [-0.3, -0.25) is 14.4 Å². The monoisotopic (exact) mass is 332 g/mol. The molecule has 0 radical (unpaired) electrons. The Bertz CT molecular complexity index is 834. The number of hydrogen-bond donors (Lipinski definition) is 0. The third kappa shape index (κ3) is 3.19. The summed E-state index contributed by atoms with van der Waals surface area (Å²) in [7, 11) is -3.58. The summed E-state index contributed by atoms with van der Waals surface area (Å²) in [5.74, 6) is -0.115. The van der Waals surface area contributed by atoms with E-state index in [0.29, 0.717) is 24.2 Å². The van der Waals surface area contributed by atoms with Crippen LogP contribution >= 0.6 is 0 Å². The van der Waals surface area contributed by atoms with Crippen LogP contribution in [0.25, 0.3) is 0 Å². The molecule has 0 N–H and O–H groups in total. The van der Waals surface area contributed by atoms with E-state index in [-0.39, 0.29) is 11.4 Å². The largest absolute Gasteiger partial charge is 0.271 e. The number of anilines is 1. The number of hydrogen-bond acceptors (Lipinski definition) is 4. The number of rotatable bonds is 4. The SMILES string of the molecule is O=[N+]([O-])c1ccc2c(c1)N(S(=O)(=O)Cc1ccccc1)CCC2.